The molecule has 7 aromatic rings. The zero-order valence-electron chi connectivity index (χ0n) is 32.2. The predicted octanol–water partition coefficient (Wildman–Crippen LogP) is 9.97. The molecule has 4 N–H and O–H groups in total. The number of carbonyl (C=O) groups excluding carboxylic acids is 2. The number of unbranched alkanes of at least 4 members (excludes halogenated alkanes) is 2. The first-order valence-corrected chi connectivity index (χ1v) is 19.3. The van der Waals surface area contributed by atoms with Gasteiger partial charge in [0.1, 0.15) is 17.2 Å². The number of aryl methyl sites for hydroxylation is 2. The number of ether oxygens (including phenoxy) is 1. The number of aromatic nitrogens is 4. The van der Waals surface area contributed by atoms with Gasteiger partial charge in [-0.15, -0.1) is 0 Å². The fourth-order valence-corrected chi connectivity index (χ4v) is 6.61. The average molecular weight is 749 g/mol. The summed E-state index contributed by atoms with van der Waals surface area (Å²) in [6.07, 6.45) is 6.63. The van der Waals surface area contributed by atoms with E-state index in [9.17, 15) is 9.59 Å². The predicted molar refractivity (Wildman–Crippen MR) is 222 cm³/mol. The van der Waals surface area contributed by atoms with Crippen LogP contribution in [0, 0.1) is 0 Å². The number of imidazole rings is 2. The highest BCUT2D eigenvalue weighted by molar-refractivity contribution is 5.92. The van der Waals surface area contributed by atoms with Gasteiger partial charge < -0.3 is 24.9 Å². The number of carbonyl (C=O) groups is 2. The maximum atomic E-state index is 12.0. The minimum absolute atomic E-state index is 0.379. The molecular formula is C46H48N6O4. The van der Waals surface area contributed by atoms with Crippen molar-refractivity contribution in [2.45, 2.75) is 64.9 Å². The summed E-state index contributed by atoms with van der Waals surface area (Å²) in [5.41, 5.74) is 11.4. The van der Waals surface area contributed by atoms with Crippen LogP contribution in [0.3, 0.4) is 0 Å². The van der Waals surface area contributed by atoms with Crippen LogP contribution in [0.2, 0.25) is 0 Å². The Bertz CT molecular complexity index is 2410. The third-order valence-corrected chi connectivity index (χ3v) is 9.49. The van der Waals surface area contributed by atoms with Crippen LogP contribution in [-0.2, 0) is 22.4 Å². The molecule has 0 bridgehead atoms. The molecule has 5 aromatic carbocycles. The summed E-state index contributed by atoms with van der Waals surface area (Å²) in [5.74, 6) is 1.51. The van der Waals surface area contributed by atoms with Gasteiger partial charge in [-0.25, -0.2) is 19.6 Å². The lowest BCUT2D eigenvalue weighted by atomic mass is 9.97. The Morgan fingerprint density at radius 3 is 2.02 bits per heavy atom. The van der Waals surface area contributed by atoms with Gasteiger partial charge in [-0.3, -0.25) is 0 Å². The Morgan fingerprint density at radius 2 is 1.29 bits per heavy atom. The topological polar surface area (TPSA) is 134 Å². The van der Waals surface area contributed by atoms with Gasteiger partial charge in [-0.05, 0) is 121 Å². The highest BCUT2D eigenvalue weighted by Crippen LogP contribution is 2.31. The summed E-state index contributed by atoms with van der Waals surface area (Å²) >= 11 is 0. The number of aromatic amines is 2. The maximum absolute atomic E-state index is 12.0. The van der Waals surface area contributed by atoms with Crippen LogP contribution < -0.4 is 10.8 Å². The number of hydrogen-bond acceptors (Lipinski definition) is 7. The van der Waals surface area contributed by atoms with Gasteiger partial charge in [-0.2, -0.15) is 5.48 Å². The molecule has 0 aliphatic rings. The van der Waals surface area contributed by atoms with Crippen LogP contribution in [0.1, 0.15) is 68.5 Å². The first kappa shape index (κ1) is 38.0. The van der Waals surface area contributed by atoms with E-state index in [4.69, 9.17) is 14.6 Å². The van der Waals surface area contributed by atoms with Crippen molar-refractivity contribution in [2.75, 3.05) is 13.1 Å². The van der Waals surface area contributed by atoms with Crippen LogP contribution in [0.25, 0.3) is 55.3 Å². The van der Waals surface area contributed by atoms with Crippen molar-refractivity contribution < 1.29 is 19.2 Å². The van der Waals surface area contributed by atoms with E-state index in [-0.39, 0.29) is 12.1 Å². The van der Waals surface area contributed by atoms with Crippen molar-refractivity contribution in [3.05, 3.63) is 133 Å². The first-order valence-electron chi connectivity index (χ1n) is 19.3. The molecule has 2 heterocycles. The van der Waals surface area contributed by atoms with E-state index in [0.29, 0.717) is 18.7 Å². The van der Waals surface area contributed by atoms with E-state index in [1.165, 1.54) is 10.8 Å². The highest BCUT2D eigenvalue weighted by atomic mass is 16.7. The van der Waals surface area contributed by atoms with Crippen LogP contribution in [0.15, 0.2) is 115 Å². The Hall–Kier alpha value is -6.26. The molecule has 0 aliphatic carbocycles. The largest absolute Gasteiger partial charge is 0.444 e. The lowest BCUT2D eigenvalue weighted by molar-refractivity contribution is 0.0251. The van der Waals surface area contributed by atoms with E-state index >= 15 is 0 Å². The molecule has 0 spiro atoms. The van der Waals surface area contributed by atoms with Crippen molar-refractivity contribution in [3.8, 4) is 33.5 Å². The number of rotatable bonds is 15. The number of hydroxylamine groups is 1. The Labute approximate surface area is 327 Å². The van der Waals surface area contributed by atoms with Gasteiger partial charge >= 0.3 is 12.1 Å². The zero-order chi connectivity index (χ0) is 38.9. The maximum Gasteiger partial charge on any atom is 0.407 e. The van der Waals surface area contributed by atoms with Gasteiger partial charge in [0.25, 0.3) is 0 Å². The molecule has 0 fully saturated rings. The summed E-state index contributed by atoms with van der Waals surface area (Å²) in [7, 11) is 0. The monoisotopic (exact) mass is 748 g/mol. The number of hydrogen-bond donors (Lipinski definition) is 4. The summed E-state index contributed by atoms with van der Waals surface area (Å²) in [6, 6.07) is 37.1. The molecule has 286 valence electrons. The van der Waals surface area contributed by atoms with Crippen molar-refractivity contribution in [3.63, 3.8) is 0 Å². The Balaban J connectivity index is 0.896. The number of amides is 1. The van der Waals surface area contributed by atoms with Gasteiger partial charge in [0.2, 0.25) is 0 Å². The molecule has 56 heavy (non-hydrogen) atoms. The standard InChI is InChI=1S/C46H48N6O4/c1-46(2,3)55-45(54)47-25-9-7-14-43-50-39-24-23-38(29-40(39)51-43)37-22-21-35-27-34(19-20-36(35)28-37)31-15-17-32(18-16-31)41-30-48-42(52-41)13-8-10-26-49-56-44(53)33-11-5-4-6-12-33/h4-6,11-12,15-24,27-30,49H,7-10,13-14,25-26H2,1-3H3,(H,47,54)(H,48,52)(H,50,51). The molecule has 0 unspecified atom stereocenters. The minimum Gasteiger partial charge on any atom is -0.444 e. The van der Waals surface area contributed by atoms with Gasteiger partial charge in [0.05, 0.1) is 28.5 Å². The number of benzene rings is 5. The molecule has 10 heteroatoms. The normalized spacial score (nSPS) is 11.6. The van der Waals surface area contributed by atoms with Crippen molar-refractivity contribution in [1.82, 2.24) is 30.7 Å². The second-order valence-corrected chi connectivity index (χ2v) is 15.0. The number of fused-ring (bicyclic) bond motifs is 2. The minimum atomic E-state index is -0.496. The molecular weight excluding hydrogens is 701 g/mol. The Morgan fingerprint density at radius 1 is 0.661 bits per heavy atom. The smallest absolute Gasteiger partial charge is 0.407 e. The number of H-pyrrole nitrogens is 2. The van der Waals surface area contributed by atoms with Crippen LogP contribution in [0.4, 0.5) is 4.79 Å². The van der Waals surface area contributed by atoms with E-state index < -0.39 is 5.60 Å². The molecule has 10 nitrogen and oxygen atoms in total. The summed E-state index contributed by atoms with van der Waals surface area (Å²) in [5, 5.41) is 5.19. The van der Waals surface area contributed by atoms with Gasteiger partial charge in [0, 0.05) is 25.9 Å². The fraction of sp³-hybridized carbons (Fsp3) is 0.261. The van der Waals surface area contributed by atoms with Crippen molar-refractivity contribution in [2.24, 2.45) is 0 Å². The SMILES string of the molecule is CC(C)(C)OC(=O)NCCCCc1nc2ccc(-c3ccc4cc(-c5ccc(-c6cnc(CCCCNOC(=O)c7ccccc7)[nH]6)cc5)ccc4c3)cc2[nH]1. The van der Waals surface area contributed by atoms with Crippen LogP contribution in [0.5, 0.6) is 0 Å². The molecule has 0 saturated carbocycles. The number of alkyl carbamates (subject to hydrolysis) is 1. The van der Waals surface area contributed by atoms with Crippen LogP contribution in [-0.4, -0.2) is 50.7 Å². The van der Waals surface area contributed by atoms with Gasteiger partial charge in [-0.1, -0.05) is 72.8 Å². The molecule has 0 atom stereocenters. The lowest BCUT2D eigenvalue weighted by Gasteiger charge is -2.19. The van der Waals surface area contributed by atoms with Gasteiger partial charge in [0.15, 0.2) is 0 Å². The molecule has 0 radical (unpaired) electrons. The molecule has 2 aromatic heterocycles. The molecule has 1 amide bonds. The Kier molecular flexibility index (Phi) is 11.9. The molecule has 0 aliphatic heterocycles. The van der Waals surface area contributed by atoms with E-state index in [1.54, 1.807) is 12.1 Å². The summed E-state index contributed by atoms with van der Waals surface area (Å²) < 4.78 is 5.30. The summed E-state index contributed by atoms with van der Waals surface area (Å²) in [6.45, 7) is 6.73. The zero-order valence-corrected chi connectivity index (χ0v) is 32.2. The highest BCUT2D eigenvalue weighted by Gasteiger charge is 2.15. The van der Waals surface area contributed by atoms with E-state index in [2.05, 4.69) is 105 Å². The van der Waals surface area contributed by atoms with E-state index in [1.807, 2.05) is 45.2 Å². The second kappa shape index (κ2) is 17.5. The first-order chi connectivity index (χ1) is 27.2. The lowest BCUT2D eigenvalue weighted by Crippen LogP contribution is -2.33. The average Bonchev–Trinajstić information content (AvgIpc) is 3.85. The summed E-state index contributed by atoms with van der Waals surface area (Å²) in [4.78, 5) is 45.3. The number of nitrogens with one attached hydrogen (secondary N) is 4. The van der Waals surface area contributed by atoms with Crippen LogP contribution >= 0.6 is 0 Å². The number of nitrogens with zero attached hydrogens (tertiary/aromatic N) is 2. The third-order valence-electron chi connectivity index (χ3n) is 9.49. The van der Waals surface area contributed by atoms with Crippen molar-refractivity contribution >= 4 is 33.9 Å². The third kappa shape index (κ3) is 10.1. The fourth-order valence-electron chi connectivity index (χ4n) is 6.61. The van der Waals surface area contributed by atoms with E-state index in [0.717, 1.165) is 94.7 Å². The molecule has 7 rings (SSSR count). The van der Waals surface area contributed by atoms with Crippen molar-refractivity contribution in [1.29, 1.82) is 0 Å². The quantitative estimate of drug-likeness (QED) is 0.0606. The molecule has 0 saturated heterocycles. The second-order valence-electron chi connectivity index (χ2n) is 15.0.